The molecule has 218 valence electrons. The van der Waals surface area contributed by atoms with Crippen LogP contribution in [0.25, 0.3) is 5.69 Å². The summed E-state index contributed by atoms with van der Waals surface area (Å²) in [6.45, 7) is 9.40. The van der Waals surface area contributed by atoms with E-state index in [-0.39, 0.29) is 22.8 Å². The molecule has 42 heavy (non-hydrogen) atoms. The summed E-state index contributed by atoms with van der Waals surface area (Å²) < 4.78 is 22.4. The van der Waals surface area contributed by atoms with Gasteiger partial charge in [-0.3, -0.25) is 10.1 Å². The fourth-order valence-corrected chi connectivity index (χ4v) is 4.64. The molecule has 0 bridgehead atoms. The first-order chi connectivity index (χ1) is 19.9. The van der Waals surface area contributed by atoms with Gasteiger partial charge in [-0.1, -0.05) is 26.8 Å². The van der Waals surface area contributed by atoms with Crippen molar-refractivity contribution in [2.75, 3.05) is 29.5 Å². The zero-order valence-electron chi connectivity index (χ0n) is 24.3. The predicted molar refractivity (Wildman–Crippen MR) is 160 cm³/mol. The van der Waals surface area contributed by atoms with Crippen molar-refractivity contribution in [1.82, 2.24) is 19.7 Å². The number of aromatic nitrogens is 3. The molecule has 11 heteroatoms. The van der Waals surface area contributed by atoms with Gasteiger partial charge in [-0.2, -0.15) is 5.10 Å². The Morgan fingerprint density at radius 2 is 1.74 bits per heavy atom. The van der Waals surface area contributed by atoms with Crippen molar-refractivity contribution in [3.05, 3.63) is 83.4 Å². The van der Waals surface area contributed by atoms with Crippen LogP contribution in [0.1, 0.15) is 44.5 Å². The number of pyridine rings is 1. The highest BCUT2D eigenvalue weighted by Gasteiger charge is 2.23. The Kier molecular flexibility index (Phi) is 7.95. The SMILES string of the molecule is CC(=O)Nc1cc(Oc2ccc(NC(=O)Nc3cc(C(C)(C)C)nn3-c3ccc4c(c3)CCN(C)C4)c(F)c2)ccn1. The fraction of sp³-hybridized carbons (Fsp3) is 0.290. The summed E-state index contributed by atoms with van der Waals surface area (Å²) in [6.07, 6.45) is 2.41. The maximum Gasteiger partial charge on any atom is 0.324 e. The molecule has 1 aliphatic heterocycles. The number of hydrogen-bond donors (Lipinski definition) is 3. The topological polar surface area (TPSA) is 113 Å². The highest BCUT2D eigenvalue weighted by atomic mass is 19.1. The summed E-state index contributed by atoms with van der Waals surface area (Å²) >= 11 is 0. The van der Waals surface area contributed by atoms with Crippen LogP contribution in [-0.2, 0) is 23.2 Å². The number of urea groups is 1. The summed E-state index contributed by atoms with van der Waals surface area (Å²) in [5.74, 6) is 0.411. The van der Waals surface area contributed by atoms with Gasteiger partial charge >= 0.3 is 6.03 Å². The molecule has 3 heterocycles. The molecule has 2 aromatic heterocycles. The number of amides is 3. The quantitative estimate of drug-likeness (QED) is 0.258. The minimum Gasteiger partial charge on any atom is -0.457 e. The molecular formula is C31H34FN7O3. The molecule has 0 fully saturated rings. The maximum absolute atomic E-state index is 15.0. The molecule has 3 amide bonds. The van der Waals surface area contributed by atoms with Crippen molar-refractivity contribution in [2.24, 2.45) is 0 Å². The van der Waals surface area contributed by atoms with Crippen LogP contribution in [0.3, 0.4) is 0 Å². The van der Waals surface area contributed by atoms with Crippen LogP contribution in [0.4, 0.5) is 26.5 Å². The van der Waals surface area contributed by atoms with Gasteiger partial charge in [0.2, 0.25) is 5.91 Å². The van der Waals surface area contributed by atoms with Gasteiger partial charge in [0.1, 0.15) is 29.0 Å². The molecule has 1 aliphatic rings. The second-order valence-electron chi connectivity index (χ2n) is 11.4. The number of halogens is 1. The van der Waals surface area contributed by atoms with Crippen molar-refractivity contribution in [1.29, 1.82) is 0 Å². The number of nitrogens with zero attached hydrogens (tertiary/aromatic N) is 4. The Balaban J connectivity index is 1.32. The van der Waals surface area contributed by atoms with E-state index >= 15 is 0 Å². The van der Waals surface area contributed by atoms with E-state index in [1.807, 2.05) is 12.1 Å². The third-order valence-electron chi connectivity index (χ3n) is 6.82. The van der Waals surface area contributed by atoms with E-state index in [0.717, 1.165) is 30.9 Å². The standard InChI is InChI=1S/C31H34FN7O3/c1-19(40)34-28-16-24(10-12-33-28)42-23-8-9-26(25(32)15-23)35-30(41)36-29-17-27(31(2,3)4)37-39(29)22-7-6-21-18-38(5)13-11-20(21)14-22/h6-10,12,14-17H,11,13,18H2,1-5H3,(H,33,34,40)(H2,35,36,41). The first kappa shape index (κ1) is 28.7. The van der Waals surface area contributed by atoms with Gasteiger partial charge in [0.25, 0.3) is 0 Å². The normalized spacial score (nSPS) is 13.3. The number of fused-ring (bicyclic) bond motifs is 1. The van der Waals surface area contributed by atoms with Gasteiger partial charge in [0.15, 0.2) is 0 Å². The molecule has 5 rings (SSSR count). The van der Waals surface area contributed by atoms with E-state index in [9.17, 15) is 14.0 Å². The molecule has 4 aromatic rings. The van der Waals surface area contributed by atoms with E-state index in [0.29, 0.717) is 17.4 Å². The number of nitrogens with one attached hydrogen (secondary N) is 3. The van der Waals surface area contributed by atoms with Gasteiger partial charge in [0, 0.05) is 49.8 Å². The molecule has 10 nitrogen and oxygen atoms in total. The van der Waals surface area contributed by atoms with E-state index in [4.69, 9.17) is 9.84 Å². The molecule has 0 spiro atoms. The molecule has 0 saturated heterocycles. The number of carbonyl (C=O) groups excluding carboxylic acids is 2. The van der Waals surface area contributed by atoms with Crippen molar-refractivity contribution < 1.29 is 18.7 Å². The number of anilines is 3. The fourth-order valence-electron chi connectivity index (χ4n) is 4.64. The number of hydrogen-bond acceptors (Lipinski definition) is 6. The minimum atomic E-state index is -0.678. The van der Waals surface area contributed by atoms with Crippen molar-refractivity contribution in [3.63, 3.8) is 0 Å². The molecule has 0 unspecified atom stereocenters. The molecule has 0 radical (unpaired) electrons. The van der Waals surface area contributed by atoms with E-state index in [1.54, 1.807) is 10.7 Å². The van der Waals surface area contributed by atoms with Crippen molar-refractivity contribution >= 4 is 29.3 Å². The summed E-state index contributed by atoms with van der Waals surface area (Å²) in [6, 6.07) is 14.7. The minimum absolute atomic E-state index is 0.0199. The highest BCUT2D eigenvalue weighted by Crippen LogP contribution is 2.30. The van der Waals surface area contributed by atoms with Crippen molar-refractivity contribution in [2.45, 2.75) is 46.1 Å². The smallest absolute Gasteiger partial charge is 0.324 e. The van der Waals surface area contributed by atoms with Crippen LogP contribution in [0.5, 0.6) is 11.5 Å². The summed E-state index contributed by atoms with van der Waals surface area (Å²) in [5.41, 5.74) is 3.91. The van der Waals surface area contributed by atoms with Gasteiger partial charge in [-0.15, -0.1) is 0 Å². The Labute approximate surface area is 243 Å². The summed E-state index contributed by atoms with van der Waals surface area (Å²) in [7, 11) is 2.11. The lowest BCUT2D eigenvalue weighted by atomic mass is 9.92. The van der Waals surface area contributed by atoms with Gasteiger partial charge in [-0.25, -0.2) is 18.9 Å². The van der Waals surface area contributed by atoms with Gasteiger partial charge in [0.05, 0.1) is 17.1 Å². The summed E-state index contributed by atoms with van der Waals surface area (Å²) in [5, 5.41) is 12.8. The number of likely N-dealkylation sites (N-methyl/N-ethyl adjacent to an activating group) is 1. The number of rotatable bonds is 6. The Morgan fingerprint density at radius 3 is 2.48 bits per heavy atom. The zero-order chi connectivity index (χ0) is 30.0. The van der Waals surface area contributed by atoms with Crippen LogP contribution < -0.4 is 20.7 Å². The monoisotopic (exact) mass is 571 g/mol. The average Bonchev–Trinajstić information content (AvgIpc) is 3.34. The van der Waals surface area contributed by atoms with Crippen LogP contribution in [-0.4, -0.2) is 45.2 Å². The highest BCUT2D eigenvalue weighted by molar-refractivity contribution is 5.99. The number of carbonyl (C=O) groups is 2. The first-order valence-corrected chi connectivity index (χ1v) is 13.6. The molecular weight excluding hydrogens is 537 g/mol. The second kappa shape index (κ2) is 11.6. The summed E-state index contributed by atoms with van der Waals surface area (Å²) in [4.78, 5) is 30.6. The number of benzene rings is 2. The van der Waals surface area contributed by atoms with E-state index in [2.05, 4.69) is 65.8 Å². The van der Waals surface area contributed by atoms with Gasteiger partial charge in [-0.05, 0) is 54.9 Å². The third-order valence-corrected chi connectivity index (χ3v) is 6.82. The largest absolute Gasteiger partial charge is 0.457 e. The first-order valence-electron chi connectivity index (χ1n) is 13.6. The van der Waals surface area contributed by atoms with Crippen LogP contribution in [0.15, 0.2) is 60.8 Å². The van der Waals surface area contributed by atoms with Crippen molar-refractivity contribution in [3.8, 4) is 17.2 Å². The molecule has 0 saturated carbocycles. The van der Waals surface area contributed by atoms with E-state index in [1.165, 1.54) is 48.5 Å². The maximum atomic E-state index is 15.0. The zero-order valence-corrected chi connectivity index (χ0v) is 24.3. The Morgan fingerprint density at radius 1 is 0.952 bits per heavy atom. The molecule has 0 atom stereocenters. The van der Waals surface area contributed by atoms with Crippen LogP contribution in [0.2, 0.25) is 0 Å². The third kappa shape index (κ3) is 6.74. The van der Waals surface area contributed by atoms with E-state index < -0.39 is 11.8 Å². The number of ether oxygens (including phenoxy) is 1. The molecule has 0 aliphatic carbocycles. The lowest BCUT2D eigenvalue weighted by Gasteiger charge is -2.25. The van der Waals surface area contributed by atoms with Gasteiger partial charge < -0.3 is 20.3 Å². The Hall–Kier alpha value is -4.77. The lowest BCUT2D eigenvalue weighted by molar-refractivity contribution is -0.114. The Bertz CT molecular complexity index is 1640. The second-order valence-corrected chi connectivity index (χ2v) is 11.4. The lowest BCUT2D eigenvalue weighted by Crippen LogP contribution is -2.26. The molecule has 3 N–H and O–H groups in total. The predicted octanol–water partition coefficient (Wildman–Crippen LogP) is 6.09. The van der Waals surface area contributed by atoms with Crippen LogP contribution in [0, 0.1) is 5.82 Å². The average molecular weight is 572 g/mol. The molecule has 2 aromatic carbocycles. The van der Waals surface area contributed by atoms with Crippen LogP contribution >= 0.6 is 0 Å².